The van der Waals surface area contributed by atoms with Crippen molar-refractivity contribution < 1.29 is 20.1 Å². The highest BCUT2D eigenvalue weighted by molar-refractivity contribution is 5.73. The first-order valence-electron chi connectivity index (χ1n) is 4.74. The van der Waals surface area contributed by atoms with Crippen LogP contribution >= 0.6 is 0 Å². The largest absolute Gasteiger partial charge is 0.479 e. The Labute approximate surface area is 87.8 Å². The third-order valence-electron chi connectivity index (χ3n) is 2.31. The molecule has 1 rings (SSSR count). The Morgan fingerprint density at radius 3 is 2.47 bits per heavy atom. The summed E-state index contributed by atoms with van der Waals surface area (Å²) in [6.45, 7) is 1.90. The summed E-state index contributed by atoms with van der Waals surface area (Å²) in [7, 11) is 0. The van der Waals surface area contributed by atoms with Crippen molar-refractivity contribution in [2.45, 2.75) is 25.6 Å². The molecule has 0 aliphatic carbocycles. The van der Waals surface area contributed by atoms with E-state index >= 15 is 0 Å². The minimum atomic E-state index is -1.78. The number of carbonyl (C=O) groups is 1. The van der Waals surface area contributed by atoms with Crippen molar-refractivity contribution in [1.82, 2.24) is 0 Å². The van der Waals surface area contributed by atoms with Crippen molar-refractivity contribution in [2.24, 2.45) is 0 Å². The smallest absolute Gasteiger partial charge is 0.335 e. The second-order valence-electron chi connectivity index (χ2n) is 3.28. The van der Waals surface area contributed by atoms with Crippen molar-refractivity contribution in [1.29, 1.82) is 0 Å². The van der Waals surface area contributed by atoms with Crippen LogP contribution in [0.15, 0.2) is 24.3 Å². The molecule has 0 saturated carbocycles. The summed E-state index contributed by atoms with van der Waals surface area (Å²) in [5, 5.41) is 27.4. The fourth-order valence-corrected chi connectivity index (χ4v) is 1.45. The van der Waals surface area contributed by atoms with Gasteiger partial charge in [0.25, 0.3) is 0 Å². The molecule has 0 bridgehead atoms. The van der Waals surface area contributed by atoms with E-state index in [0.29, 0.717) is 12.0 Å². The van der Waals surface area contributed by atoms with Gasteiger partial charge in [0.15, 0.2) is 6.10 Å². The molecule has 0 spiro atoms. The molecule has 0 aliphatic heterocycles. The fraction of sp³-hybridized carbons (Fsp3) is 0.364. The normalized spacial score (nSPS) is 14.6. The maximum absolute atomic E-state index is 10.5. The van der Waals surface area contributed by atoms with E-state index in [1.807, 2.05) is 13.0 Å². The minimum absolute atomic E-state index is 0.468. The molecule has 0 heterocycles. The number of aliphatic hydroxyl groups excluding tert-OH is 2. The van der Waals surface area contributed by atoms with Gasteiger partial charge in [-0.15, -0.1) is 0 Å². The van der Waals surface area contributed by atoms with Crippen LogP contribution in [-0.4, -0.2) is 27.4 Å². The fourth-order valence-electron chi connectivity index (χ4n) is 1.45. The zero-order valence-electron chi connectivity index (χ0n) is 8.42. The third-order valence-corrected chi connectivity index (χ3v) is 2.31. The molecule has 3 N–H and O–H groups in total. The van der Waals surface area contributed by atoms with Gasteiger partial charge in [-0.1, -0.05) is 31.2 Å². The molecule has 0 aliphatic rings. The Morgan fingerprint density at radius 1 is 1.33 bits per heavy atom. The van der Waals surface area contributed by atoms with Crippen LogP contribution in [-0.2, 0) is 11.2 Å². The zero-order valence-corrected chi connectivity index (χ0v) is 8.42. The Bertz CT molecular complexity index is 348. The lowest BCUT2D eigenvalue weighted by Crippen LogP contribution is -2.28. The average Bonchev–Trinajstić information content (AvgIpc) is 2.26. The number of aryl methyl sites for hydroxylation is 1. The van der Waals surface area contributed by atoms with Crippen LogP contribution in [0, 0.1) is 0 Å². The van der Waals surface area contributed by atoms with E-state index in [1.54, 1.807) is 18.2 Å². The lowest BCUT2D eigenvalue weighted by Gasteiger charge is -2.17. The van der Waals surface area contributed by atoms with E-state index in [4.69, 9.17) is 5.11 Å². The van der Waals surface area contributed by atoms with Gasteiger partial charge in [-0.25, -0.2) is 4.79 Å². The first-order valence-corrected chi connectivity index (χ1v) is 4.74. The van der Waals surface area contributed by atoms with Crippen LogP contribution in [0.25, 0.3) is 0 Å². The molecule has 0 radical (unpaired) electrons. The predicted molar refractivity (Wildman–Crippen MR) is 54.4 cm³/mol. The molecule has 1 aromatic carbocycles. The van der Waals surface area contributed by atoms with Gasteiger partial charge >= 0.3 is 5.97 Å². The molecule has 2 unspecified atom stereocenters. The van der Waals surface area contributed by atoms with Crippen molar-refractivity contribution in [3.05, 3.63) is 35.4 Å². The Morgan fingerprint density at radius 2 is 1.93 bits per heavy atom. The van der Waals surface area contributed by atoms with Crippen molar-refractivity contribution in [3.63, 3.8) is 0 Å². The van der Waals surface area contributed by atoms with Crippen LogP contribution < -0.4 is 0 Å². The maximum atomic E-state index is 10.5. The van der Waals surface area contributed by atoms with E-state index in [0.717, 1.165) is 5.56 Å². The molecule has 4 nitrogen and oxygen atoms in total. The molecule has 4 heteroatoms. The van der Waals surface area contributed by atoms with Gasteiger partial charge in [0, 0.05) is 0 Å². The summed E-state index contributed by atoms with van der Waals surface area (Å²) >= 11 is 0. The number of aliphatic carboxylic acids is 1. The number of carboxylic acids is 1. The summed E-state index contributed by atoms with van der Waals surface area (Å²) in [6, 6.07) is 6.93. The van der Waals surface area contributed by atoms with Crippen molar-refractivity contribution in [3.8, 4) is 0 Å². The van der Waals surface area contributed by atoms with E-state index in [-0.39, 0.29) is 0 Å². The maximum Gasteiger partial charge on any atom is 0.335 e. The molecule has 0 fully saturated rings. The topological polar surface area (TPSA) is 77.8 Å². The Balaban J connectivity index is 2.99. The number of carboxylic acid groups (broad SMARTS) is 1. The molecular formula is C11H14O4. The van der Waals surface area contributed by atoms with Crippen LogP contribution in [0.5, 0.6) is 0 Å². The zero-order chi connectivity index (χ0) is 11.4. The number of hydrogen-bond donors (Lipinski definition) is 3. The first kappa shape index (κ1) is 11.7. The van der Waals surface area contributed by atoms with E-state index < -0.39 is 18.2 Å². The van der Waals surface area contributed by atoms with Gasteiger partial charge in [0.1, 0.15) is 6.10 Å². The highest BCUT2D eigenvalue weighted by atomic mass is 16.4. The van der Waals surface area contributed by atoms with E-state index in [2.05, 4.69) is 0 Å². The molecule has 1 aromatic rings. The molecule has 15 heavy (non-hydrogen) atoms. The number of benzene rings is 1. The SMILES string of the molecule is CCc1ccccc1C(O)C(O)C(=O)O. The second-order valence-corrected chi connectivity index (χ2v) is 3.28. The quantitative estimate of drug-likeness (QED) is 0.684. The summed E-state index contributed by atoms with van der Waals surface area (Å²) in [4.78, 5) is 10.5. The van der Waals surface area contributed by atoms with Gasteiger partial charge in [0.2, 0.25) is 0 Å². The Kier molecular flexibility index (Phi) is 3.82. The van der Waals surface area contributed by atoms with Crippen LogP contribution in [0.2, 0.25) is 0 Å². The number of rotatable bonds is 4. The van der Waals surface area contributed by atoms with Gasteiger partial charge in [-0.2, -0.15) is 0 Å². The molecule has 0 aromatic heterocycles. The van der Waals surface area contributed by atoms with Crippen LogP contribution in [0.3, 0.4) is 0 Å². The lowest BCUT2D eigenvalue weighted by atomic mass is 9.97. The molecule has 0 saturated heterocycles. The Hall–Kier alpha value is -1.39. The molecule has 2 atom stereocenters. The predicted octanol–water partition coefficient (Wildman–Crippen LogP) is 0.728. The van der Waals surface area contributed by atoms with Crippen LogP contribution in [0.4, 0.5) is 0 Å². The third kappa shape index (κ3) is 2.55. The van der Waals surface area contributed by atoms with Crippen molar-refractivity contribution in [2.75, 3.05) is 0 Å². The van der Waals surface area contributed by atoms with E-state index in [9.17, 15) is 15.0 Å². The monoisotopic (exact) mass is 210 g/mol. The number of hydrogen-bond acceptors (Lipinski definition) is 3. The highest BCUT2D eigenvalue weighted by Crippen LogP contribution is 2.21. The molecule has 82 valence electrons. The lowest BCUT2D eigenvalue weighted by molar-refractivity contribution is -0.153. The summed E-state index contributed by atoms with van der Waals surface area (Å²) in [5.41, 5.74) is 1.31. The van der Waals surface area contributed by atoms with Crippen LogP contribution in [0.1, 0.15) is 24.2 Å². The van der Waals surface area contributed by atoms with Crippen molar-refractivity contribution >= 4 is 5.97 Å². The molecule has 0 amide bonds. The van der Waals surface area contributed by atoms with Gasteiger partial charge in [-0.3, -0.25) is 0 Å². The summed E-state index contributed by atoms with van der Waals surface area (Å²) in [6.07, 6.45) is -2.48. The molecular weight excluding hydrogens is 196 g/mol. The number of aliphatic hydroxyl groups is 2. The minimum Gasteiger partial charge on any atom is -0.479 e. The summed E-state index contributed by atoms with van der Waals surface area (Å²) in [5.74, 6) is -1.42. The van der Waals surface area contributed by atoms with E-state index in [1.165, 1.54) is 0 Å². The van der Waals surface area contributed by atoms with Gasteiger partial charge < -0.3 is 15.3 Å². The van der Waals surface area contributed by atoms with Gasteiger partial charge in [0.05, 0.1) is 0 Å². The summed E-state index contributed by atoms with van der Waals surface area (Å²) < 4.78 is 0. The first-order chi connectivity index (χ1) is 7.07. The average molecular weight is 210 g/mol. The van der Waals surface area contributed by atoms with Gasteiger partial charge in [-0.05, 0) is 17.5 Å². The highest BCUT2D eigenvalue weighted by Gasteiger charge is 2.26. The standard InChI is InChI=1S/C11H14O4/c1-2-7-5-3-4-6-8(7)9(12)10(13)11(14)15/h3-6,9-10,12-13H,2H2,1H3,(H,14,15). The second kappa shape index (κ2) is 4.91.